The van der Waals surface area contributed by atoms with E-state index in [1.807, 2.05) is 11.8 Å². The summed E-state index contributed by atoms with van der Waals surface area (Å²) in [6.45, 7) is 9.33. The van der Waals surface area contributed by atoms with Crippen LogP contribution in [0.15, 0.2) is 23.1 Å². The third-order valence-electron chi connectivity index (χ3n) is 2.36. The molecular formula is C12H19NS. The molecule has 78 valence electrons. The molecule has 0 saturated heterocycles. The summed E-state index contributed by atoms with van der Waals surface area (Å²) >= 11 is 1.84. The van der Waals surface area contributed by atoms with Crippen LogP contribution in [0.3, 0.4) is 0 Å². The van der Waals surface area contributed by atoms with E-state index in [0.717, 1.165) is 0 Å². The number of thioether (sulfide) groups is 1. The Morgan fingerprint density at radius 2 is 1.86 bits per heavy atom. The van der Waals surface area contributed by atoms with Crippen LogP contribution in [0.25, 0.3) is 0 Å². The van der Waals surface area contributed by atoms with Crippen molar-refractivity contribution < 1.29 is 0 Å². The van der Waals surface area contributed by atoms with Crippen LogP contribution >= 0.6 is 11.8 Å². The van der Waals surface area contributed by atoms with Crippen LogP contribution in [-0.2, 0) is 0 Å². The number of benzene rings is 1. The summed E-state index contributed by atoms with van der Waals surface area (Å²) in [5.41, 5.74) is 8.40. The lowest BCUT2D eigenvalue weighted by molar-refractivity contribution is 0.723. The molecular weight excluding hydrogens is 190 g/mol. The van der Waals surface area contributed by atoms with E-state index in [0.29, 0.717) is 6.54 Å². The molecule has 1 nitrogen and oxygen atoms in total. The molecule has 0 spiro atoms. The van der Waals surface area contributed by atoms with Crippen molar-refractivity contribution in [3.63, 3.8) is 0 Å². The van der Waals surface area contributed by atoms with E-state index in [9.17, 15) is 0 Å². The van der Waals surface area contributed by atoms with Gasteiger partial charge in [0.05, 0.1) is 0 Å². The molecule has 0 unspecified atom stereocenters. The molecule has 0 atom stereocenters. The molecule has 14 heavy (non-hydrogen) atoms. The van der Waals surface area contributed by atoms with E-state index in [1.54, 1.807) is 0 Å². The minimum absolute atomic E-state index is 0.127. The molecule has 0 radical (unpaired) electrons. The molecule has 1 aromatic rings. The van der Waals surface area contributed by atoms with Crippen LogP contribution in [0.4, 0.5) is 0 Å². The fourth-order valence-corrected chi connectivity index (χ4v) is 2.23. The van der Waals surface area contributed by atoms with E-state index in [1.165, 1.54) is 16.0 Å². The molecule has 1 rings (SSSR count). The van der Waals surface area contributed by atoms with Gasteiger partial charge in [-0.2, -0.15) is 0 Å². The van der Waals surface area contributed by atoms with Crippen LogP contribution in [0.2, 0.25) is 0 Å². The lowest BCUT2D eigenvalue weighted by Crippen LogP contribution is -2.26. The van der Waals surface area contributed by atoms with E-state index in [4.69, 9.17) is 5.73 Å². The highest BCUT2D eigenvalue weighted by molar-refractivity contribution is 8.00. The van der Waals surface area contributed by atoms with E-state index in [2.05, 4.69) is 45.9 Å². The molecule has 0 amide bonds. The molecule has 0 aliphatic carbocycles. The quantitative estimate of drug-likeness (QED) is 0.774. The first-order valence-corrected chi connectivity index (χ1v) is 5.72. The molecule has 2 heteroatoms. The van der Waals surface area contributed by atoms with Gasteiger partial charge in [0.2, 0.25) is 0 Å². The number of hydrogen-bond donors (Lipinski definition) is 1. The molecule has 0 bridgehead atoms. The Kier molecular flexibility index (Phi) is 3.62. The lowest BCUT2D eigenvalue weighted by Gasteiger charge is -2.21. The van der Waals surface area contributed by atoms with Gasteiger partial charge in [-0.3, -0.25) is 0 Å². The molecule has 0 aliphatic heterocycles. The SMILES string of the molecule is Cc1ccc(SC(C)(C)CN)cc1C. The van der Waals surface area contributed by atoms with Crippen LogP contribution in [0.5, 0.6) is 0 Å². The second-order valence-electron chi connectivity index (χ2n) is 4.31. The Balaban J connectivity index is 2.83. The van der Waals surface area contributed by atoms with Crippen molar-refractivity contribution in [3.8, 4) is 0 Å². The molecule has 0 fully saturated rings. The number of aryl methyl sites for hydroxylation is 2. The van der Waals surface area contributed by atoms with Gasteiger partial charge in [-0.1, -0.05) is 6.07 Å². The summed E-state index contributed by atoms with van der Waals surface area (Å²) < 4.78 is 0.127. The summed E-state index contributed by atoms with van der Waals surface area (Å²) in [5.74, 6) is 0. The minimum Gasteiger partial charge on any atom is -0.329 e. The normalized spacial score (nSPS) is 11.8. The molecule has 2 N–H and O–H groups in total. The van der Waals surface area contributed by atoms with Gasteiger partial charge in [-0.05, 0) is 51.0 Å². The molecule has 0 aliphatic rings. The number of rotatable bonds is 3. The summed E-state index contributed by atoms with van der Waals surface area (Å²) in [6.07, 6.45) is 0. The standard InChI is InChI=1S/C12H19NS/c1-9-5-6-11(7-10(9)2)14-12(3,4)8-13/h5-7H,8,13H2,1-4H3. The second kappa shape index (κ2) is 4.37. The Bertz CT molecular complexity index is 318. The topological polar surface area (TPSA) is 26.0 Å². The first kappa shape index (κ1) is 11.6. The number of hydrogen-bond acceptors (Lipinski definition) is 2. The van der Waals surface area contributed by atoms with Crippen LogP contribution in [-0.4, -0.2) is 11.3 Å². The van der Waals surface area contributed by atoms with Gasteiger partial charge in [0, 0.05) is 16.2 Å². The fraction of sp³-hybridized carbons (Fsp3) is 0.500. The van der Waals surface area contributed by atoms with Gasteiger partial charge in [0.1, 0.15) is 0 Å². The maximum absolute atomic E-state index is 5.70. The Labute approximate surface area is 91.1 Å². The lowest BCUT2D eigenvalue weighted by atomic mass is 10.1. The highest BCUT2D eigenvalue weighted by Crippen LogP contribution is 2.32. The van der Waals surface area contributed by atoms with Gasteiger partial charge in [-0.25, -0.2) is 0 Å². The molecule has 1 aromatic carbocycles. The smallest absolute Gasteiger partial charge is 0.0273 e. The average molecular weight is 209 g/mol. The van der Waals surface area contributed by atoms with Gasteiger partial charge in [-0.15, -0.1) is 11.8 Å². The largest absolute Gasteiger partial charge is 0.329 e. The first-order valence-electron chi connectivity index (χ1n) is 4.91. The number of nitrogens with two attached hydrogens (primary N) is 1. The maximum Gasteiger partial charge on any atom is 0.0273 e. The molecule has 0 saturated carbocycles. The fourth-order valence-electron chi connectivity index (χ4n) is 1.14. The van der Waals surface area contributed by atoms with E-state index < -0.39 is 0 Å². The third kappa shape index (κ3) is 3.03. The van der Waals surface area contributed by atoms with Crippen molar-refractivity contribution in [2.45, 2.75) is 37.3 Å². The zero-order valence-electron chi connectivity index (χ0n) is 9.42. The summed E-state index contributed by atoms with van der Waals surface area (Å²) in [6, 6.07) is 6.58. The summed E-state index contributed by atoms with van der Waals surface area (Å²) in [7, 11) is 0. The predicted molar refractivity (Wildman–Crippen MR) is 64.9 cm³/mol. The van der Waals surface area contributed by atoms with E-state index in [-0.39, 0.29) is 4.75 Å². The van der Waals surface area contributed by atoms with Crippen molar-refractivity contribution in [2.24, 2.45) is 5.73 Å². The summed E-state index contributed by atoms with van der Waals surface area (Å²) in [5, 5.41) is 0. The van der Waals surface area contributed by atoms with Crippen molar-refractivity contribution in [3.05, 3.63) is 29.3 Å². The first-order chi connectivity index (χ1) is 6.44. The van der Waals surface area contributed by atoms with Crippen LogP contribution < -0.4 is 5.73 Å². The van der Waals surface area contributed by atoms with Gasteiger partial charge in [0.15, 0.2) is 0 Å². The molecule has 0 heterocycles. The average Bonchev–Trinajstić information content (AvgIpc) is 2.11. The van der Waals surface area contributed by atoms with Crippen LogP contribution in [0.1, 0.15) is 25.0 Å². The summed E-state index contributed by atoms with van der Waals surface area (Å²) in [4.78, 5) is 1.31. The highest BCUT2D eigenvalue weighted by atomic mass is 32.2. The molecule has 0 aromatic heterocycles. The van der Waals surface area contributed by atoms with Crippen molar-refractivity contribution in [1.29, 1.82) is 0 Å². The third-order valence-corrected chi connectivity index (χ3v) is 3.57. The van der Waals surface area contributed by atoms with Gasteiger partial charge >= 0.3 is 0 Å². The van der Waals surface area contributed by atoms with Gasteiger partial charge < -0.3 is 5.73 Å². The monoisotopic (exact) mass is 209 g/mol. The van der Waals surface area contributed by atoms with Crippen molar-refractivity contribution in [2.75, 3.05) is 6.54 Å². The second-order valence-corrected chi connectivity index (χ2v) is 6.09. The highest BCUT2D eigenvalue weighted by Gasteiger charge is 2.16. The Morgan fingerprint density at radius 1 is 1.21 bits per heavy atom. The Hall–Kier alpha value is -0.470. The maximum atomic E-state index is 5.70. The van der Waals surface area contributed by atoms with E-state index >= 15 is 0 Å². The van der Waals surface area contributed by atoms with Gasteiger partial charge in [0.25, 0.3) is 0 Å². The Morgan fingerprint density at radius 3 is 2.36 bits per heavy atom. The zero-order valence-corrected chi connectivity index (χ0v) is 10.2. The van der Waals surface area contributed by atoms with Crippen molar-refractivity contribution in [1.82, 2.24) is 0 Å². The van der Waals surface area contributed by atoms with Crippen LogP contribution in [0, 0.1) is 13.8 Å². The zero-order chi connectivity index (χ0) is 10.8. The minimum atomic E-state index is 0.127. The van der Waals surface area contributed by atoms with Crippen molar-refractivity contribution >= 4 is 11.8 Å². The predicted octanol–water partition coefficient (Wildman–Crippen LogP) is 3.13.